The SMILES string of the molecule is Cc1c(OCC(F)(F)F)ccnc1C[S@@+]([O-])c1nc2ccccc2n1C(=O)N(C)CCCC(=O)O. The van der Waals surface area contributed by atoms with Gasteiger partial charge in [0.15, 0.2) is 12.4 Å². The van der Waals surface area contributed by atoms with Crippen LogP contribution in [0.25, 0.3) is 11.0 Å². The Bertz CT molecular complexity index is 1220. The van der Waals surface area contributed by atoms with Crippen molar-refractivity contribution in [2.24, 2.45) is 0 Å². The number of para-hydroxylation sites is 2. The number of amides is 1. The number of benzene rings is 1. The molecule has 0 saturated heterocycles. The van der Waals surface area contributed by atoms with Crippen molar-refractivity contribution in [3.05, 3.63) is 47.8 Å². The van der Waals surface area contributed by atoms with Crippen molar-refractivity contribution < 1.29 is 37.2 Å². The first-order chi connectivity index (χ1) is 16.5. The molecule has 9 nitrogen and oxygen atoms in total. The first-order valence-electron chi connectivity index (χ1n) is 10.4. The predicted molar refractivity (Wildman–Crippen MR) is 121 cm³/mol. The topological polar surface area (TPSA) is 121 Å². The van der Waals surface area contributed by atoms with Gasteiger partial charge in [-0.15, -0.1) is 0 Å². The summed E-state index contributed by atoms with van der Waals surface area (Å²) in [6.45, 7) is 0.192. The molecule has 0 aliphatic carbocycles. The highest BCUT2D eigenvalue weighted by Crippen LogP contribution is 2.27. The van der Waals surface area contributed by atoms with E-state index in [9.17, 15) is 27.3 Å². The van der Waals surface area contributed by atoms with Gasteiger partial charge in [-0.05, 0) is 31.5 Å². The maximum atomic E-state index is 13.3. The fourth-order valence-electron chi connectivity index (χ4n) is 3.28. The zero-order valence-electron chi connectivity index (χ0n) is 18.9. The number of carbonyl (C=O) groups is 2. The van der Waals surface area contributed by atoms with E-state index in [0.717, 1.165) is 0 Å². The minimum Gasteiger partial charge on any atom is -0.609 e. The first-order valence-corrected chi connectivity index (χ1v) is 11.8. The van der Waals surface area contributed by atoms with Crippen LogP contribution in [0.5, 0.6) is 5.75 Å². The smallest absolute Gasteiger partial charge is 0.422 e. The number of hydrogen-bond acceptors (Lipinski definition) is 6. The minimum absolute atomic E-state index is 0.0351. The number of aromatic nitrogens is 3. The Kier molecular flexibility index (Phi) is 8.22. The standard InChI is InChI=1S/C22H23F3N4O5S/c1-14-16(26-10-9-18(14)34-13-22(23,24)25)12-35(33)20-27-15-6-3-4-7-17(15)29(20)21(32)28(2)11-5-8-19(30)31/h3-4,6-7,9-10H,5,8,11-13H2,1-2H3,(H,30,31)/t35-/m1/s1. The van der Waals surface area contributed by atoms with E-state index in [1.54, 1.807) is 24.3 Å². The maximum absolute atomic E-state index is 13.3. The third-order valence-electron chi connectivity index (χ3n) is 5.05. The molecule has 0 saturated carbocycles. The van der Waals surface area contributed by atoms with E-state index in [-0.39, 0.29) is 41.7 Å². The molecule has 1 N–H and O–H groups in total. The van der Waals surface area contributed by atoms with Crippen LogP contribution >= 0.6 is 0 Å². The molecule has 1 aromatic carbocycles. The lowest BCUT2D eigenvalue weighted by Gasteiger charge is -2.19. The van der Waals surface area contributed by atoms with Crippen LogP contribution in [0.1, 0.15) is 24.1 Å². The molecule has 2 aromatic heterocycles. The second kappa shape index (κ2) is 11.0. The van der Waals surface area contributed by atoms with Gasteiger partial charge in [0.25, 0.3) is 0 Å². The number of halogens is 3. The van der Waals surface area contributed by atoms with Crippen LogP contribution in [0.15, 0.2) is 41.7 Å². The number of aliphatic carboxylic acids is 1. The summed E-state index contributed by atoms with van der Waals surface area (Å²) in [7, 11) is 1.50. The molecule has 0 spiro atoms. The summed E-state index contributed by atoms with van der Waals surface area (Å²) < 4.78 is 57.0. The number of fused-ring (bicyclic) bond motifs is 1. The van der Waals surface area contributed by atoms with Gasteiger partial charge in [-0.25, -0.2) is 9.36 Å². The van der Waals surface area contributed by atoms with E-state index in [4.69, 9.17) is 9.84 Å². The van der Waals surface area contributed by atoms with E-state index < -0.39 is 36.0 Å². The van der Waals surface area contributed by atoms with E-state index >= 15 is 0 Å². The van der Waals surface area contributed by atoms with Crippen LogP contribution in [-0.2, 0) is 21.7 Å². The number of carbonyl (C=O) groups excluding carboxylic acids is 1. The Morgan fingerprint density at radius 2 is 1.97 bits per heavy atom. The molecule has 0 unspecified atom stereocenters. The Morgan fingerprint density at radius 1 is 1.26 bits per heavy atom. The first kappa shape index (κ1) is 26.3. The highest BCUT2D eigenvalue weighted by atomic mass is 32.2. The number of alkyl halides is 3. The Balaban J connectivity index is 1.88. The van der Waals surface area contributed by atoms with Crippen molar-refractivity contribution in [1.82, 2.24) is 19.4 Å². The zero-order valence-corrected chi connectivity index (χ0v) is 19.7. The molecule has 0 fully saturated rings. The lowest BCUT2D eigenvalue weighted by molar-refractivity contribution is -0.153. The lowest BCUT2D eigenvalue weighted by atomic mass is 10.2. The molecule has 3 rings (SSSR count). The van der Waals surface area contributed by atoms with Crippen LogP contribution in [0, 0.1) is 6.92 Å². The summed E-state index contributed by atoms with van der Waals surface area (Å²) >= 11 is -1.90. The molecule has 0 bridgehead atoms. The van der Waals surface area contributed by atoms with Crippen LogP contribution in [-0.4, -0.2) is 67.5 Å². The molecule has 1 amide bonds. The summed E-state index contributed by atoms with van der Waals surface area (Å²) in [4.78, 5) is 33.8. The summed E-state index contributed by atoms with van der Waals surface area (Å²) in [5, 5.41) is 8.78. The molecule has 35 heavy (non-hydrogen) atoms. The third-order valence-corrected chi connectivity index (χ3v) is 6.27. The van der Waals surface area contributed by atoms with Crippen molar-refractivity contribution in [2.75, 3.05) is 20.2 Å². The van der Waals surface area contributed by atoms with Gasteiger partial charge in [-0.3, -0.25) is 9.78 Å². The largest absolute Gasteiger partial charge is 0.609 e. The van der Waals surface area contributed by atoms with Gasteiger partial charge in [0.05, 0.1) is 16.7 Å². The van der Waals surface area contributed by atoms with Crippen LogP contribution in [0.4, 0.5) is 18.0 Å². The summed E-state index contributed by atoms with van der Waals surface area (Å²) in [5.74, 6) is -1.23. The molecular formula is C22H23F3N4O5S. The average Bonchev–Trinajstić information content (AvgIpc) is 3.18. The number of hydrogen-bond donors (Lipinski definition) is 1. The summed E-state index contributed by atoms with van der Waals surface area (Å²) in [5.41, 5.74) is 1.38. The van der Waals surface area contributed by atoms with Crippen molar-refractivity contribution in [1.29, 1.82) is 0 Å². The Labute approximate surface area is 201 Å². The number of carboxylic acids is 1. The van der Waals surface area contributed by atoms with Crippen LogP contribution in [0.2, 0.25) is 0 Å². The van der Waals surface area contributed by atoms with Gasteiger partial charge >= 0.3 is 23.3 Å². The highest BCUT2D eigenvalue weighted by Gasteiger charge is 2.31. The predicted octanol–water partition coefficient (Wildman–Crippen LogP) is 3.75. The van der Waals surface area contributed by atoms with E-state index in [2.05, 4.69) is 9.97 Å². The molecule has 188 valence electrons. The number of imidazole rings is 1. The lowest BCUT2D eigenvalue weighted by Crippen LogP contribution is -2.34. The number of nitrogens with zero attached hydrogens (tertiary/aromatic N) is 4. The van der Waals surface area contributed by atoms with Gasteiger partial charge in [0.2, 0.25) is 0 Å². The van der Waals surface area contributed by atoms with E-state index in [0.29, 0.717) is 16.6 Å². The molecule has 0 radical (unpaired) electrons. The molecule has 0 aliphatic heterocycles. The number of rotatable bonds is 9. The fraction of sp³-hybridized carbons (Fsp3) is 0.364. The fourth-order valence-corrected chi connectivity index (χ4v) is 4.53. The van der Waals surface area contributed by atoms with Crippen LogP contribution < -0.4 is 4.74 Å². The second-order valence-electron chi connectivity index (χ2n) is 7.69. The van der Waals surface area contributed by atoms with E-state index in [1.807, 2.05) is 0 Å². The number of pyridine rings is 1. The van der Waals surface area contributed by atoms with Gasteiger partial charge in [-0.1, -0.05) is 12.1 Å². The van der Waals surface area contributed by atoms with Crippen LogP contribution in [0.3, 0.4) is 0 Å². The molecule has 0 aliphatic rings. The minimum atomic E-state index is -4.51. The summed E-state index contributed by atoms with van der Waals surface area (Å²) in [6, 6.07) is 7.44. The van der Waals surface area contributed by atoms with Crippen molar-refractivity contribution >= 4 is 34.2 Å². The molecular weight excluding hydrogens is 489 g/mol. The Hall–Kier alpha value is -3.32. The van der Waals surface area contributed by atoms with Crippen molar-refractivity contribution in [3.63, 3.8) is 0 Å². The second-order valence-corrected chi connectivity index (χ2v) is 9.04. The van der Waals surface area contributed by atoms with E-state index in [1.165, 1.54) is 35.7 Å². The quantitative estimate of drug-likeness (QED) is 0.434. The van der Waals surface area contributed by atoms with Crippen molar-refractivity contribution in [2.45, 2.75) is 36.9 Å². The monoisotopic (exact) mass is 512 g/mol. The van der Waals surface area contributed by atoms with Gasteiger partial charge in [-0.2, -0.15) is 18.2 Å². The zero-order chi connectivity index (χ0) is 25.8. The van der Waals surface area contributed by atoms with Gasteiger partial charge in [0.1, 0.15) is 5.75 Å². The number of ether oxygens (including phenoxy) is 1. The maximum Gasteiger partial charge on any atom is 0.422 e. The molecule has 1 atom stereocenters. The molecule has 13 heteroatoms. The molecule has 3 aromatic rings. The Morgan fingerprint density at radius 3 is 2.66 bits per heavy atom. The van der Waals surface area contributed by atoms with Gasteiger partial charge < -0.3 is 19.3 Å². The summed E-state index contributed by atoms with van der Waals surface area (Å²) in [6.07, 6.45) is -3.13. The molecule has 2 heterocycles. The average molecular weight is 513 g/mol. The number of carboxylic acid groups (broad SMARTS) is 1. The highest BCUT2D eigenvalue weighted by molar-refractivity contribution is 7.90. The third kappa shape index (κ3) is 6.63. The normalized spacial score (nSPS) is 12.5. The van der Waals surface area contributed by atoms with Gasteiger partial charge in [0, 0.05) is 42.9 Å². The van der Waals surface area contributed by atoms with Crippen molar-refractivity contribution in [3.8, 4) is 5.75 Å².